The summed E-state index contributed by atoms with van der Waals surface area (Å²) in [5.41, 5.74) is 8.60. The number of fused-ring (bicyclic) bond motifs is 1. The number of benzene rings is 2. The molecule has 8 nitrogen and oxygen atoms in total. The van der Waals surface area contributed by atoms with E-state index in [1.165, 1.54) is 13.3 Å². The zero-order chi connectivity index (χ0) is 19.2. The third-order valence-corrected chi connectivity index (χ3v) is 3.57. The van der Waals surface area contributed by atoms with Crippen LogP contribution in [0.4, 0.5) is 0 Å². The van der Waals surface area contributed by atoms with Gasteiger partial charge in [-0.25, -0.2) is 5.43 Å². The van der Waals surface area contributed by atoms with Crippen molar-refractivity contribution in [1.82, 2.24) is 5.43 Å². The molecule has 8 heteroatoms. The summed E-state index contributed by atoms with van der Waals surface area (Å²) in [7, 11) is 1.53. The number of rotatable bonds is 7. The van der Waals surface area contributed by atoms with Gasteiger partial charge in [0, 0.05) is 5.39 Å². The van der Waals surface area contributed by atoms with Crippen molar-refractivity contribution in [2.24, 2.45) is 10.8 Å². The molecule has 3 aromatic rings. The highest BCUT2D eigenvalue weighted by Crippen LogP contribution is 2.28. The molecule has 0 aliphatic rings. The predicted octanol–water partition coefficient (Wildman–Crippen LogP) is 2.07. The topological polar surface area (TPSA) is 116 Å². The molecule has 0 radical (unpaired) electrons. The average Bonchev–Trinajstić information content (AvgIpc) is 3.11. The molecule has 3 N–H and O–H groups in total. The Hall–Kier alpha value is -3.81. The van der Waals surface area contributed by atoms with Crippen molar-refractivity contribution >= 4 is 29.0 Å². The summed E-state index contributed by atoms with van der Waals surface area (Å²) < 4.78 is 16.0. The summed E-state index contributed by atoms with van der Waals surface area (Å²) in [6.07, 6.45) is 1.44. The largest absolute Gasteiger partial charge is 0.493 e. The normalized spacial score (nSPS) is 10.9. The summed E-state index contributed by atoms with van der Waals surface area (Å²) in [4.78, 5) is 23.0. The van der Waals surface area contributed by atoms with Gasteiger partial charge in [0.1, 0.15) is 5.75 Å². The molecule has 0 aliphatic carbocycles. The lowest BCUT2D eigenvalue weighted by Gasteiger charge is -2.03. The third-order valence-electron chi connectivity index (χ3n) is 3.57. The number of nitrogens with zero attached hydrogens (tertiary/aromatic N) is 1. The number of amides is 2. The minimum absolute atomic E-state index is 0.116. The Labute approximate surface area is 154 Å². The van der Waals surface area contributed by atoms with E-state index in [4.69, 9.17) is 19.6 Å². The van der Waals surface area contributed by atoms with E-state index in [0.717, 1.165) is 5.39 Å². The molecule has 2 amide bonds. The number of ether oxygens (including phenoxy) is 2. The van der Waals surface area contributed by atoms with Crippen molar-refractivity contribution in [3.63, 3.8) is 0 Å². The highest BCUT2D eigenvalue weighted by molar-refractivity contribution is 5.97. The van der Waals surface area contributed by atoms with E-state index in [0.29, 0.717) is 22.6 Å². The Balaban J connectivity index is 1.67. The van der Waals surface area contributed by atoms with E-state index < -0.39 is 11.8 Å². The van der Waals surface area contributed by atoms with Crippen LogP contribution in [0.3, 0.4) is 0 Å². The van der Waals surface area contributed by atoms with Crippen LogP contribution in [0.1, 0.15) is 16.1 Å². The van der Waals surface area contributed by atoms with E-state index in [1.807, 2.05) is 12.1 Å². The summed E-state index contributed by atoms with van der Waals surface area (Å²) in [5.74, 6) is 0.0657. The molecule has 1 heterocycles. The second-order valence-corrected chi connectivity index (χ2v) is 5.52. The molecule has 0 atom stereocenters. The van der Waals surface area contributed by atoms with Gasteiger partial charge in [-0.05, 0) is 29.8 Å². The van der Waals surface area contributed by atoms with Crippen LogP contribution in [-0.4, -0.2) is 31.7 Å². The summed E-state index contributed by atoms with van der Waals surface area (Å²) in [6, 6.07) is 13.8. The highest BCUT2D eigenvalue weighted by Gasteiger charge is 2.14. The lowest BCUT2D eigenvalue weighted by atomic mass is 10.2. The van der Waals surface area contributed by atoms with Crippen LogP contribution in [0.2, 0.25) is 0 Å². The van der Waals surface area contributed by atoms with Gasteiger partial charge in [-0.3, -0.25) is 9.59 Å². The standard InChI is InChI=1S/C19H17N3O5/c1-25-15-7-3-5-13-9-16(27-18(13)15)19(24)22-21-10-12-4-2-6-14(8-12)26-11-17(20)23/h2-10H,11H2,1H3,(H2,20,23)(H,22,24)/b21-10-. The maximum atomic E-state index is 12.2. The monoisotopic (exact) mass is 367 g/mol. The van der Waals surface area contributed by atoms with Crippen LogP contribution in [0.5, 0.6) is 11.5 Å². The van der Waals surface area contributed by atoms with E-state index >= 15 is 0 Å². The Morgan fingerprint density at radius 2 is 2.04 bits per heavy atom. The second kappa shape index (κ2) is 8.05. The van der Waals surface area contributed by atoms with Gasteiger partial charge in [0.25, 0.3) is 5.91 Å². The first-order valence-corrected chi connectivity index (χ1v) is 7.98. The quantitative estimate of drug-likeness (QED) is 0.490. The van der Waals surface area contributed by atoms with Gasteiger partial charge in [-0.15, -0.1) is 0 Å². The third kappa shape index (κ3) is 4.43. The number of para-hydroxylation sites is 1. The smallest absolute Gasteiger partial charge is 0.307 e. The number of hydrogen-bond acceptors (Lipinski definition) is 6. The van der Waals surface area contributed by atoms with E-state index in [-0.39, 0.29) is 12.4 Å². The van der Waals surface area contributed by atoms with Gasteiger partial charge in [-0.1, -0.05) is 24.3 Å². The van der Waals surface area contributed by atoms with Crippen LogP contribution in [-0.2, 0) is 4.79 Å². The number of hydrogen-bond donors (Lipinski definition) is 2. The Kier molecular flexibility index (Phi) is 5.36. The minimum atomic E-state index is -0.566. The number of hydrazone groups is 1. The molecule has 27 heavy (non-hydrogen) atoms. The van der Waals surface area contributed by atoms with Crippen molar-refractivity contribution in [3.05, 3.63) is 59.9 Å². The molecule has 1 aromatic heterocycles. The Morgan fingerprint density at radius 3 is 2.81 bits per heavy atom. The fourth-order valence-corrected chi connectivity index (χ4v) is 2.37. The van der Waals surface area contributed by atoms with Crippen LogP contribution >= 0.6 is 0 Å². The van der Waals surface area contributed by atoms with Gasteiger partial charge in [0.05, 0.1) is 13.3 Å². The molecular formula is C19H17N3O5. The van der Waals surface area contributed by atoms with E-state index in [9.17, 15) is 9.59 Å². The SMILES string of the molecule is COc1cccc2cc(C(=O)N/N=C\c3cccc(OCC(N)=O)c3)oc12. The Bertz CT molecular complexity index is 1010. The lowest BCUT2D eigenvalue weighted by molar-refractivity contribution is -0.119. The molecule has 3 rings (SSSR count). The minimum Gasteiger partial charge on any atom is -0.493 e. The molecule has 0 spiro atoms. The second-order valence-electron chi connectivity index (χ2n) is 5.52. The molecule has 0 bridgehead atoms. The molecule has 138 valence electrons. The molecule has 0 saturated heterocycles. The number of carbonyl (C=O) groups is 2. The summed E-state index contributed by atoms with van der Waals surface area (Å²) in [6.45, 7) is -0.215. The maximum Gasteiger partial charge on any atom is 0.307 e. The molecule has 0 aliphatic heterocycles. The molecule has 0 saturated carbocycles. The highest BCUT2D eigenvalue weighted by atomic mass is 16.5. The summed E-state index contributed by atoms with van der Waals surface area (Å²) >= 11 is 0. The van der Waals surface area contributed by atoms with Crippen LogP contribution in [0, 0.1) is 0 Å². The number of methoxy groups -OCH3 is 1. The fraction of sp³-hybridized carbons (Fsp3) is 0.105. The first kappa shape index (κ1) is 18.0. The first-order chi connectivity index (χ1) is 13.1. The van der Waals surface area contributed by atoms with Crippen molar-refractivity contribution in [2.75, 3.05) is 13.7 Å². The number of nitrogens with two attached hydrogens (primary N) is 1. The predicted molar refractivity (Wildman–Crippen MR) is 99.0 cm³/mol. The Morgan fingerprint density at radius 1 is 1.22 bits per heavy atom. The molecular weight excluding hydrogens is 350 g/mol. The number of furan rings is 1. The lowest BCUT2D eigenvalue weighted by Crippen LogP contribution is -2.20. The molecule has 0 unspecified atom stereocenters. The van der Waals surface area contributed by atoms with E-state index in [2.05, 4.69) is 10.5 Å². The van der Waals surface area contributed by atoms with Crippen LogP contribution in [0.25, 0.3) is 11.0 Å². The zero-order valence-electron chi connectivity index (χ0n) is 14.5. The van der Waals surface area contributed by atoms with Crippen LogP contribution in [0.15, 0.2) is 58.0 Å². The molecule has 0 fully saturated rings. The molecule has 2 aromatic carbocycles. The van der Waals surface area contributed by atoms with Crippen molar-refractivity contribution in [1.29, 1.82) is 0 Å². The number of primary amides is 1. The van der Waals surface area contributed by atoms with Gasteiger partial charge in [0.15, 0.2) is 23.7 Å². The van der Waals surface area contributed by atoms with E-state index in [1.54, 1.807) is 36.4 Å². The van der Waals surface area contributed by atoms with Crippen LogP contribution < -0.4 is 20.6 Å². The average molecular weight is 367 g/mol. The van der Waals surface area contributed by atoms with Gasteiger partial charge in [0.2, 0.25) is 0 Å². The van der Waals surface area contributed by atoms with Gasteiger partial charge in [-0.2, -0.15) is 5.10 Å². The number of carbonyl (C=O) groups excluding carboxylic acids is 2. The fourth-order valence-electron chi connectivity index (χ4n) is 2.37. The van der Waals surface area contributed by atoms with Crippen molar-refractivity contribution in [2.45, 2.75) is 0 Å². The van der Waals surface area contributed by atoms with Gasteiger partial charge >= 0.3 is 5.91 Å². The zero-order valence-corrected chi connectivity index (χ0v) is 14.5. The van der Waals surface area contributed by atoms with Crippen molar-refractivity contribution in [3.8, 4) is 11.5 Å². The number of nitrogens with one attached hydrogen (secondary N) is 1. The maximum absolute atomic E-state index is 12.2. The van der Waals surface area contributed by atoms with Crippen molar-refractivity contribution < 1.29 is 23.5 Å². The first-order valence-electron chi connectivity index (χ1n) is 7.98. The van der Waals surface area contributed by atoms with Gasteiger partial charge < -0.3 is 19.6 Å². The summed E-state index contributed by atoms with van der Waals surface area (Å²) in [5, 5.41) is 4.66.